The third-order valence-corrected chi connectivity index (χ3v) is 3.35. The zero-order valence-corrected chi connectivity index (χ0v) is 12.0. The minimum atomic E-state index is 0.771. The molecule has 4 nitrogen and oxygen atoms in total. The molecule has 1 aromatic heterocycles. The molecule has 1 aromatic carbocycles. The Morgan fingerprint density at radius 1 is 1.32 bits per heavy atom. The largest absolute Gasteiger partial charge is 0.497 e. The van der Waals surface area contributed by atoms with Gasteiger partial charge in [-0.1, -0.05) is 12.1 Å². The van der Waals surface area contributed by atoms with Crippen LogP contribution in [0.15, 0.2) is 24.3 Å². The molecule has 0 aliphatic carbocycles. The predicted molar refractivity (Wildman–Crippen MR) is 76.6 cm³/mol. The van der Waals surface area contributed by atoms with Crippen LogP contribution >= 0.6 is 0 Å². The molecule has 0 aliphatic rings. The maximum atomic E-state index is 5.25. The Bertz CT molecular complexity index is 561. The molecule has 0 fully saturated rings. The SMILES string of the molecule is CNCc1c(C)nn(Cc2cccc(OC)c2)c1C. The first-order valence-electron chi connectivity index (χ1n) is 6.46. The van der Waals surface area contributed by atoms with Crippen LogP contribution < -0.4 is 10.1 Å². The zero-order valence-electron chi connectivity index (χ0n) is 12.0. The second-order valence-electron chi connectivity index (χ2n) is 4.69. The van der Waals surface area contributed by atoms with Crippen molar-refractivity contribution in [3.8, 4) is 5.75 Å². The lowest BCUT2D eigenvalue weighted by atomic mass is 10.2. The number of rotatable bonds is 5. The minimum Gasteiger partial charge on any atom is -0.497 e. The van der Waals surface area contributed by atoms with Gasteiger partial charge in [0.05, 0.1) is 19.3 Å². The van der Waals surface area contributed by atoms with Gasteiger partial charge in [0, 0.05) is 17.8 Å². The molecular formula is C15H21N3O. The van der Waals surface area contributed by atoms with Gasteiger partial charge in [0.2, 0.25) is 0 Å². The first-order valence-corrected chi connectivity index (χ1v) is 6.46. The summed E-state index contributed by atoms with van der Waals surface area (Å²) in [4.78, 5) is 0. The van der Waals surface area contributed by atoms with Crippen molar-refractivity contribution in [1.29, 1.82) is 0 Å². The Balaban J connectivity index is 2.25. The number of ether oxygens (including phenoxy) is 1. The number of aromatic nitrogens is 2. The van der Waals surface area contributed by atoms with Gasteiger partial charge in [-0.25, -0.2) is 0 Å². The predicted octanol–water partition coefficient (Wildman–Crippen LogP) is 2.28. The number of hydrogen-bond donors (Lipinski definition) is 1. The Morgan fingerprint density at radius 3 is 2.79 bits per heavy atom. The number of benzene rings is 1. The maximum Gasteiger partial charge on any atom is 0.119 e. The third kappa shape index (κ3) is 2.96. The van der Waals surface area contributed by atoms with Crippen LogP contribution in [0.4, 0.5) is 0 Å². The van der Waals surface area contributed by atoms with E-state index < -0.39 is 0 Å². The highest BCUT2D eigenvalue weighted by Crippen LogP contribution is 2.17. The lowest BCUT2D eigenvalue weighted by Gasteiger charge is -2.07. The van der Waals surface area contributed by atoms with E-state index in [4.69, 9.17) is 4.74 Å². The van der Waals surface area contributed by atoms with E-state index in [1.54, 1.807) is 7.11 Å². The molecule has 2 rings (SSSR count). The van der Waals surface area contributed by atoms with Gasteiger partial charge in [0.15, 0.2) is 0 Å². The van der Waals surface area contributed by atoms with Crippen LogP contribution in [-0.4, -0.2) is 23.9 Å². The van der Waals surface area contributed by atoms with Gasteiger partial charge in [-0.15, -0.1) is 0 Å². The van der Waals surface area contributed by atoms with Crippen molar-refractivity contribution in [3.63, 3.8) is 0 Å². The van der Waals surface area contributed by atoms with Gasteiger partial charge >= 0.3 is 0 Å². The number of aryl methyl sites for hydroxylation is 1. The molecule has 19 heavy (non-hydrogen) atoms. The van der Waals surface area contributed by atoms with E-state index in [0.717, 1.165) is 24.5 Å². The molecule has 0 amide bonds. The van der Waals surface area contributed by atoms with Crippen LogP contribution in [0.3, 0.4) is 0 Å². The molecule has 0 bridgehead atoms. The molecule has 102 valence electrons. The number of hydrogen-bond acceptors (Lipinski definition) is 3. The van der Waals surface area contributed by atoms with E-state index in [-0.39, 0.29) is 0 Å². The Morgan fingerprint density at radius 2 is 2.11 bits per heavy atom. The molecule has 0 atom stereocenters. The summed E-state index contributed by atoms with van der Waals surface area (Å²) in [6.07, 6.45) is 0. The van der Waals surface area contributed by atoms with Crippen LogP contribution in [-0.2, 0) is 13.1 Å². The van der Waals surface area contributed by atoms with Crippen molar-refractivity contribution in [3.05, 3.63) is 46.8 Å². The molecule has 4 heteroatoms. The molecule has 0 radical (unpaired) electrons. The fourth-order valence-electron chi connectivity index (χ4n) is 2.26. The second-order valence-corrected chi connectivity index (χ2v) is 4.69. The highest BCUT2D eigenvalue weighted by molar-refractivity contribution is 5.30. The average molecular weight is 259 g/mol. The van der Waals surface area contributed by atoms with Gasteiger partial charge in [-0.05, 0) is 38.6 Å². The zero-order chi connectivity index (χ0) is 13.8. The van der Waals surface area contributed by atoms with Crippen LogP contribution in [0.1, 0.15) is 22.5 Å². The van der Waals surface area contributed by atoms with Gasteiger partial charge in [-0.3, -0.25) is 4.68 Å². The lowest BCUT2D eigenvalue weighted by Crippen LogP contribution is -2.08. The van der Waals surface area contributed by atoms with Crippen molar-refractivity contribution in [2.45, 2.75) is 26.9 Å². The van der Waals surface area contributed by atoms with E-state index in [2.05, 4.69) is 35.0 Å². The quantitative estimate of drug-likeness (QED) is 0.895. The number of methoxy groups -OCH3 is 1. The third-order valence-electron chi connectivity index (χ3n) is 3.35. The van der Waals surface area contributed by atoms with Gasteiger partial charge < -0.3 is 10.1 Å². The first-order chi connectivity index (χ1) is 9.15. The van der Waals surface area contributed by atoms with Gasteiger partial charge in [0.25, 0.3) is 0 Å². The highest BCUT2D eigenvalue weighted by Gasteiger charge is 2.10. The summed E-state index contributed by atoms with van der Waals surface area (Å²) in [7, 11) is 3.64. The Hall–Kier alpha value is -1.81. The summed E-state index contributed by atoms with van der Waals surface area (Å²) < 4.78 is 7.30. The summed E-state index contributed by atoms with van der Waals surface area (Å²) in [5.74, 6) is 0.884. The molecule has 0 saturated heterocycles. The summed E-state index contributed by atoms with van der Waals surface area (Å²) >= 11 is 0. The van der Waals surface area contributed by atoms with E-state index >= 15 is 0 Å². The number of nitrogens with one attached hydrogen (secondary N) is 1. The van der Waals surface area contributed by atoms with Crippen LogP contribution in [0, 0.1) is 13.8 Å². The van der Waals surface area contributed by atoms with E-state index in [0.29, 0.717) is 0 Å². The van der Waals surface area contributed by atoms with Crippen molar-refractivity contribution >= 4 is 0 Å². The van der Waals surface area contributed by atoms with Crippen molar-refractivity contribution in [2.24, 2.45) is 0 Å². The van der Waals surface area contributed by atoms with Crippen molar-refractivity contribution < 1.29 is 4.74 Å². The van der Waals surface area contributed by atoms with E-state index in [1.807, 2.05) is 25.2 Å². The summed E-state index contributed by atoms with van der Waals surface area (Å²) in [6, 6.07) is 8.11. The number of nitrogens with zero attached hydrogens (tertiary/aromatic N) is 2. The van der Waals surface area contributed by atoms with E-state index in [1.165, 1.54) is 16.8 Å². The van der Waals surface area contributed by atoms with Crippen LogP contribution in [0.25, 0.3) is 0 Å². The molecular weight excluding hydrogens is 238 g/mol. The second kappa shape index (κ2) is 5.89. The molecule has 2 aromatic rings. The van der Waals surface area contributed by atoms with Crippen molar-refractivity contribution in [2.75, 3.05) is 14.2 Å². The minimum absolute atomic E-state index is 0.771. The monoisotopic (exact) mass is 259 g/mol. The Labute approximate surface area is 114 Å². The Kier molecular flexibility index (Phi) is 4.22. The van der Waals surface area contributed by atoms with E-state index in [9.17, 15) is 0 Å². The topological polar surface area (TPSA) is 39.1 Å². The molecule has 0 unspecified atom stereocenters. The molecule has 0 spiro atoms. The molecule has 1 N–H and O–H groups in total. The van der Waals surface area contributed by atoms with Gasteiger partial charge in [0.1, 0.15) is 5.75 Å². The average Bonchev–Trinajstić information content (AvgIpc) is 2.67. The smallest absolute Gasteiger partial charge is 0.119 e. The fraction of sp³-hybridized carbons (Fsp3) is 0.400. The van der Waals surface area contributed by atoms with Crippen molar-refractivity contribution in [1.82, 2.24) is 15.1 Å². The summed E-state index contributed by atoms with van der Waals surface area (Å²) in [5.41, 5.74) is 4.79. The fourth-order valence-corrected chi connectivity index (χ4v) is 2.26. The van der Waals surface area contributed by atoms with Crippen LogP contribution in [0.2, 0.25) is 0 Å². The summed E-state index contributed by atoms with van der Waals surface area (Å²) in [5, 5.41) is 7.80. The maximum absolute atomic E-state index is 5.25. The van der Waals surface area contributed by atoms with Gasteiger partial charge in [-0.2, -0.15) is 5.10 Å². The molecule has 1 heterocycles. The lowest BCUT2D eigenvalue weighted by molar-refractivity contribution is 0.414. The van der Waals surface area contributed by atoms with Crippen LogP contribution in [0.5, 0.6) is 5.75 Å². The molecule has 0 aliphatic heterocycles. The summed E-state index contributed by atoms with van der Waals surface area (Å²) in [6.45, 7) is 5.80. The first kappa shape index (κ1) is 13.6. The standard InChI is InChI=1S/C15H21N3O/c1-11-15(9-16-3)12(2)18(17-11)10-13-6-5-7-14(8-13)19-4/h5-8,16H,9-10H2,1-4H3. The normalized spacial score (nSPS) is 10.7. The molecule has 0 saturated carbocycles. The highest BCUT2D eigenvalue weighted by atomic mass is 16.5.